The Bertz CT molecular complexity index is 592. The molecule has 2 rings (SSSR count). The lowest BCUT2D eigenvalue weighted by Gasteiger charge is -2.08. The third kappa shape index (κ3) is 2.41. The summed E-state index contributed by atoms with van der Waals surface area (Å²) in [4.78, 5) is 21.6. The Morgan fingerprint density at radius 3 is 2.89 bits per heavy atom. The van der Waals surface area contributed by atoms with Crippen LogP contribution in [0.15, 0.2) is 30.5 Å². The van der Waals surface area contributed by atoms with Crippen LogP contribution in [0.3, 0.4) is 0 Å². The second-order valence-corrected chi connectivity index (χ2v) is 5.34. The first kappa shape index (κ1) is 12.7. The van der Waals surface area contributed by atoms with Crippen molar-refractivity contribution < 1.29 is 9.59 Å². The molecule has 4 nitrogen and oxygen atoms in total. The molecule has 1 aromatic heterocycles. The molecule has 1 heterocycles. The third-order valence-electron chi connectivity index (χ3n) is 2.83. The Morgan fingerprint density at radius 1 is 1.44 bits per heavy atom. The van der Waals surface area contributed by atoms with E-state index in [-0.39, 0.29) is 10.5 Å². The molecule has 0 aliphatic heterocycles. The van der Waals surface area contributed by atoms with E-state index in [0.29, 0.717) is 6.41 Å². The van der Waals surface area contributed by atoms with Gasteiger partial charge >= 0.3 is 0 Å². The van der Waals surface area contributed by atoms with E-state index in [0.717, 1.165) is 28.2 Å². The molecule has 0 bridgehead atoms. The van der Waals surface area contributed by atoms with Gasteiger partial charge in [0.05, 0.1) is 0 Å². The van der Waals surface area contributed by atoms with Crippen molar-refractivity contribution in [2.24, 2.45) is 7.05 Å². The second kappa shape index (κ2) is 5.27. The number of carbonyl (C=O) groups is 2. The molecule has 5 heteroatoms. The van der Waals surface area contributed by atoms with E-state index in [1.807, 2.05) is 49.0 Å². The molecule has 2 amide bonds. The summed E-state index contributed by atoms with van der Waals surface area (Å²) < 4.78 is 2.04. The van der Waals surface area contributed by atoms with Gasteiger partial charge in [0.25, 0.3) is 5.24 Å². The number of imide groups is 1. The molecule has 18 heavy (non-hydrogen) atoms. The summed E-state index contributed by atoms with van der Waals surface area (Å²) >= 11 is 1.11. The highest BCUT2D eigenvalue weighted by Crippen LogP contribution is 2.34. The van der Waals surface area contributed by atoms with E-state index < -0.39 is 0 Å². The molecule has 0 saturated carbocycles. The summed E-state index contributed by atoms with van der Waals surface area (Å²) in [6.07, 6.45) is 2.43. The second-order valence-electron chi connectivity index (χ2n) is 4.02. The highest BCUT2D eigenvalue weighted by molar-refractivity contribution is 8.13. The molecule has 0 radical (unpaired) electrons. The van der Waals surface area contributed by atoms with Gasteiger partial charge < -0.3 is 4.57 Å². The molecule has 1 unspecified atom stereocenters. The van der Waals surface area contributed by atoms with Gasteiger partial charge in [0, 0.05) is 29.4 Å². The SMILES string of the molecule is CC(SC(=O)NC=O)c1cn(C)c2ccccc12. The van der Waals surface area contributed by atoms with Crippen molar-refractivity contribution in [1.29, 1.82) is 0 Å². The fraction of sp³-hybridized carbons (Fsp3) is 0.231. The number of amides is 2. The lowest BCUT2D eigenvalue weighted by atomic mass is 10.1. The Labute approximate surface area is 109 Å². The standard InChI is InChI=1S/C13H14N2O2S/c1-9(18-13(17)14-8-16)11-7-15(2)12-6-4-3-5-10(11)12/h3-9H,1-2H3,(H,14,16,17). The molecular formula is C13H14N2O2S. The van der Waals surface area contributed by atoms with Gasteiger partial charge in [-0.25, -0.2) is 0 Å². The number of aryl methyl sites for hydroxylation is 1. The Kier molecular flexibility index (Phi) is 3.72. The number of carbonyl (C=O) groups excluding carboxylic acids is 2. The number of fused-ring (bicyclic) bond motifs is 1. The first-order valence-electron chi connectivity index (χ1n) is 5.58. The molecule has 0 aliphatic carbocycles. The number of nitrogens with one attached hydrogen (secondary N) is 1. The summed E-state index contributed by atoms with van der Waals surface area (Å²) in [7, 11) is 1.98. The van der Waals surface area contributed by atoms with Gasteiger partial charge in [-0.05, 0) is 18.6 Å². The number of hydrogen-bond acceptors (Lipinski definition) is 3. The van der Waals surface area contributed by atoms with Crippen molar-refractivity contribution in [3.63, 3.8) is 0 Å². The fourth-order valence-corrected chi connectivity index (χ4v) is 2.76. The lowest BCUT2D eigenvalue weighted by Crippen LogP contribution is -2.16. The number of hydrogen-bond donors (Lipinski definition) is 1. The van der Waals surface area contributed by atoms with Crippen LogP contribution in [0.1, 0.15) is 17.7 Å². The minimum absolute atomic E-state index is 0.00366. The number of benzene rings is 1. The van der Waals surface area contributed by atoms with Gasteiger partial charge in [0.2, 0.25) is 6.41 Å². The van der Waals surface area contributed by atoms with Crippen LogP contribution >= 0.6 is 11.8 Å². The number of rotatable bonds is 3. The van der Waals surface area contributed by atoms with Gasteiger partial charge in [-0.1, -0.05) is 30.0 Å². The van der Waals surface area contributed by atoms with Crippen LogP contribution in [-0.2, 0) is 11.8 Å². The van der Waals surface area contributed by atoms with Gasteiger partial charge in [-0.15, -0.1) is 0 Å². The van der Waals surface area contributed by atoms with Crippen LogP contribution in [-0.4, -0.2) is 16.2 Å². The molecule has 0 fully saturated rings. The van der Waals surface area contributed by atoms with E-state index in [2.05, 4.69) is 5.32 Å². The molecule has 0 aliphatic rings. The summed E-state index contributed by atoms with van der Waals surface area (Å²) in [6.45, 7) is 1.96. The normalized spacial score (nSPS) is 12.3. The monoisotopic (exact) mass is 262 g/mol. The number of nitrogens with zero attached hydrogens (tertiary/aromatic N) is 1. The minimum Gasteiger partial charge on any atom is -0.350 e. The first-order valence-corrected chi connectivity index (χ1v) is 6.46. The highest BCUT2D eigenvalue weighted by Gasteiger charge is 2.16. The van der Waals surface area contributed by atoms with E-state index in [1.54, 1.807) is 0 Å². The van der Waals surface area contributed by atoms with Crippen LogP contribution in [0.2, 0.25) is 0 Å². The van der Waals surface area contributed by atoms with E-state index in [4.69, 9.17) is 0 Å². The topological polar surface area (TPSA) is 51.1 Å². The maximum atomic E-state index is 11.4. The van der Waals surface area contributed by atoms with Crippen molar-refractivity contribution in [2.75, 3.05) is 0 Å². The third-order valence-corrected chi connectivity index (χ3v) is 3.77. The molecule has 1 atom stereocenters. The van der Waals surface area contributed by atoms with E-state index in [1.165, 1.54) is 0 Å². The average Bonchev–Trinajstić information content (AvgIpc) is 2.68. The number of para-hydroxylation sites is 1. The zero-order valence-corrected chi connectivity index (χ0v) is 11.0. The fourth-order valence-electron chi connectivity index (χ4n) is 2.00. The van der Waals surface area contributed by atoms with Gasteiger partial charge in [0.15, 0.2) is 0 Å². The number of aromatic nitrogens is 1. The molecular weight excluding hydrogens is 248 g/mol. The molecule has 1 N–H and O–H groups in total. The van der Waals surface area contributed by atoms with Crippen LogP contribution in [0.5, 0.6) is 0 Å². The Hall–Kier alpha value is -1.75. The zero-order valence-electron chi connectivity index (χ0n) is 10.2. The van der Waals surface area contributed by atoms with Crippen molar-refractivity contribution >= 4 is 34.3 Å². The Morgan fingerprint density at radius 2 is 2.17 bits per heavy atom. The zero-order chi connectivity index (χ0) is 13.1. The molecule has 1 aromatic carbocycles. The molecule has 94 valence electrons. The first-order chi connectivity index (χ1) is 8.63. The van der Waals surface area contributed by atoms with Crippen molar-refractivity contribution in [1.82, 2.24) is 9.88 Å². The highest BCUT2D eigenvalue weighted by atomic mass is 32.2. The van der Waals surface area contributed by atoms with Crippen LogP contribution in [0, 0.1) is 0 Å². The van der Waals surface area contributed by atoms with Gasteiger partial charge in [0.1, 0.15) is 0 Å². The summed E-state index contributed by atoms with van der Waals surface area (Å²) in [5.41, 5.74) is 2.23. The van der Waals surface area contributed by atoms with Crippen molar-refractivity contribution in [2.45, 2.75) is 12.2 Å². The van der Waals surface area contributed by atoms with Crippen molar-refractivity contribution in [3.05, 3.63) is 36.0 Å². The predicted molar refractivity (Wildman–Crippen MR) is 73.5 cm³/mol. The average molecular weight is 262 g/mol. The largest absolute Gasteiger partial charge is 0.350 e. The number of thioether (sulfide) groups is 1. The summed E-state index contributed by atoms with van der Waals surface area (Å²) in [5.74, 6) is 0. The van der Waals surface area contributed by atoms with Crippen LogP contribution < -0.4 is 5.32 Å². The van der Waals surface area contributed by atoms with E-state index >= 15 is 0 Å². The maximum absolute atomic E-state index is 11.4. The lowest BCUT2D eigenvalue weighted by molar-refractivity contribution is -0.108. The van der Waals surface area contributed by atoms with Gasteiger partial charge in [-0.3, -0.25) is 14.9 Å². The molecule has 0 saturated heterocycles. The van der Waals surface area contributed by atoms with Crippen LogP contribution in [0.25, 0.3) is 10.9 Å². The molecule has 2 aromatic rings. The van der Waals surface area contributed by atoms with E-state index in [9.17, 15) is 9.59 Å². The van der Waals surface area contributed by atoms with Crippen LogP contribution in [0.4, 0.5) is 4.79 Å². The summed E-state index contributed by atoms with van der Waals surface area (Å²) in [6, 6.07) is 8.05. The molecule has 0 spiro atoms. The van der Waals surface area contributed by atoms with Crippen molar-refractivity contribution in [3.8, 4) is 0 Å². The van der Waals surface area contributed by atoms with Gasteiger partial charge in [-0.2, -0.15) is 0 Å². The maximum Gasteiger partial charge on any atom is 0.286 e. The smallest absolute Gasteiger partial charge is 0.286 e. The quantitative estimate of drug-likeness (QED) is 0.865. The minimum atomic E-state index is -0.328. The Balaban J connectivity index is 2.30. The predicted octanol–water partition coefficient (Wildman–Crippen LogP) is 2.84. The summed E-state index contributed by atoms with van der Waals surface area (Å²) in [5, 5.41) is 2.94.